The summed E-state index contributed by atoms with van der Waals surface area (Å²) in [5.74, 6) is -1.27. The molecule has 1 aromatic rings. The molecule has 0 aromatic heterocycles. The molecule has 0 spiro atoms. The second kappa shape index (κ2) is 5.25. The van der Waals surface area contributed by atoms with Crippen LogP contribution in [0, 0.1) is 0 Å². The van der Waals surface area contributed by atoms with E-state index < -0.39 is 5.97 Å². The minimum Gasteiger partial charge on any atom is -0.480 e. The van der Waals surface area contributed by atoms with E-state index in [9.17, 15) is 9.59 Å². The second-order valence-electron chi connectivity index (χ2n) is 5.47. The van der Waals surface area contributed by atoms with Crippen molar-refractivity contribution in [2.75, 3.05) is 13.1 Å². The summed E-state index contributed by atoms with van der Waals surface area (Å²) in [5, 5.41) is 12.2. The maximum Gasteiger partial charge on any atom is 0.323 e. The van der Waals surface area contributed by atoms with Gasteiger partial charge >= 0.3 is 5.97 Å². The van der Waals surface area contributed by atoms with Crippen molar-refractivity contribution in [2.45, 2.75) is 31.3 Å². The van der Waals surface area contributed by atoms with E-state index in [2.05, 4.69) is 5.32 Å². The van der Waals surface area contributed by atoms with Crippen molar-refractivity contribution < 1.29 is 14.7 Å². The zero-order valence-corrected chi connectivity index (χ0v) is 11.2. The number of hydrogen-bond donors (Lipinski definition) is 2. The fourth-order valence-corrected chi connectivity index (χ4v) is 2.84. The number of carbonyl (C=O) groups excluding carboxylic acids is 1. The predicted molar refractivity (Wildman–Crippen MR) is 73.3 cm³/mol. The molecule has 2 N–H and O–H groups in total. The topological polar surface area (TPSA) is 69.6 Å². The molecular formula is C15H18N2O3. The van der Waals surface area contributed by atoms with Crippen LogP contribution in [-0.2, 0) is 16.1 Å². The molecule has 20 heavy (non-hydrogen) atoms. The van der Waals surface area contributed by atoms with Gasteiger partial charge in [0.25, 0.3) is 0 Å². The molecule has 5 heteroatoms. The fourth-order valence-electron chi connectivity index (χ4n) is 2.84. The Bertz CT molecular complexity index is 540. The van der Waals surface area contributed by atoms with E-state index >= 15 is 0 Å². The Morgan fingerprint density at radius 3 is 2.75 bits per heavy atom. The number of nitrogens with one attached hydrogen (secondary N) is 1. The molecule has 3 rings (SSSR count). The molecule has 0 radical (unpaired) electrons. The lowest BCUT2D eigenvalue weighted by atomic mass is 9.89. The molecule has 2 aliphatic rings. The lowest BCUT2D eigenvalue weighted by molar-refractivity contribution is -0.145. The predicted octanol–water partition coefficient (Wildman–Crippen LogP) is 0.949. The summed E-state index contributed by atoms with van der Waals surface area (Å²) in [5.41, 5.74) is 2.16. The molecular weight excluding hydrogens is 256 g/mol. The summed E-state index contributed by atoms with van der Waals surface area (Å²) in [6.07, 6.45) is 1.83. The third-order valence-electron chi connectivity index (χ3n) is 3.97. The molecule has 0 saturated heterocycles. The first-order chi connectivity index (χ1) is 9.66. The van der Waals surface area contributed by atoms with Crippen LogP contribution in [-0.4, -0.2) is 41.0 Å². The first-order valence-corrected chi connectivity index (χ1v) is 6.97. The summed E-state index contributed by atoms with van der Waals surface area (Å²) in [6, 6.07) is 8.00. The number of rotatable bonds is 4. The van der Waals surface area contributed by atoms with Crippen LogP contribution in [0.1, 0.15) is 29.9 Å². The van der Waals surface area contributed by atoms with E-state index in [1.807, 2.05) is 24.3 Å². The van der Waals surface area contributed by atoms with E-state index in [1.54, 1.807) is 0 Å². The van der Waals surface area contributed by atoms with Crippen molar-refractivity contribution in [3.05, 3.63) is 35.4 Å². The van der Waals surface area contributed by atoms with Crippen LogP contribution in [0.5, 0.6) is 0 Å². The Labute approximate surface area is 117 Å². The molecule has 1 aliphatic carbocycles. The highest BCUT2D eigenvalue weighted by Crippen LogP contribution is 2.32. The number of amides is 1. The summed E-state index contributed by atoms with van der Waals surface area (Å²) in [4.78, 5) is 25.2. The molecule has 1 amide bonds. The van der Waals surface area contributed by atoms with Gasteiger partial charge in [-0.1, -0.05) is 24.3 Å². The minimum absolute atomic E-state index is 0.0606. The maximum absolute atomic E-state index is 12.7. The molecule has 106 valence electrons. The van der Waals surface area contributed by atoms with E-state index in [-0.39, 0.29) is 24.4 Å². The SMILES string of the molecule is O=C(O)CN(C(=O)C1CNCc2ccccc21)C1CC1. The largest absolute Gasteiger partial charge is 0.480 e. The van der Waals surface area contributed by atoms with Gasteiger partial charge in [-0.05, 0) is 24.0 Å². The molecule has 1 saturated carbocycles. The third kappa shape index (κ3) is 2.54. The summed E-state index contributed by atoms with van der Waals surface area (Å²) in [6.45, 7) is 1.16. The van der Waals surface area contributed by atoms with Crippen LogP contribution in [0.15, 0.2) is 24.3 Å². The van der Waals surface area contributed by atoms with Gasteiger partial charge in [0.15, 0.2) is 0 Å². The van der Waals surface area contributed by atoms with Gasteiger partial charge < -0.3 is 15.3 Å². The minimum atomic E-state index is -0.942. The number of carboxylic acid groups (broad SMARTS) is 1. The second-order valence-corrected chi connectivity index (χ2v) is 5.47. The average Bonchev–Trinajstić information content (AvgIpc) is 3.28. The number of nitrogens with zero attached hydrogens (tertiary/aromatic N) is 1. The lowest BCUT2D eigenvalue weighted by Gasteiger charge is -2.30. The monoisotopic (exact) mass is 274 g/mol. The van der Waals surface area contributed by atoms with Crippen molar-refractivity contribution in [2.24, 2.45) is 0 Å². The fraction of sp³-hybridized carbons (Fsp3) is 0.467. The Morgan fingerprint density at radius 2 is 2.05 bits per heavy atom. The normalized spacial score (nSPS) is 21.1. The maximum atomic E-state index is 12.7. The lowest BCUT2D eigenvalue weighted by Crippen LogP contribution is -2.44. The number of hydrogen-bond acceptors (Lipinski definition) is 3. The highest BCUT2D eigenvalue weighted by molar-refractivity contribution is 5.88. The van der Waals surface area contributed by atoms with Gasteiger partial charge in [-0.15, -0.1) is 0 Å². The van der Waals surface area contributed by atoms with E-state index in [1.165, 1.54) is 4.90 Å². The van der Waals surface area contributed by atoms with Crippen LogP contribution in [0.4, 0.5) is 0 Å². The van der Waals surface area contributed by atoms with E-state index in [0.29, 0.717) is 6.54 Å². The van der Waals surface area contributed by atoms with Crippen LogP contribution >= 0.6 is 0 Å². The Kier molecular flexibility index (Phi) is 3.44. The van der Waals surface area contributed by atoms with Gasteiger partial charge in [0.1, 0.15) is 6.54 Å². The van der Waals surface area contributed by atoms with Crippen molar-refractivity contribution in [3.63, 3.8) is 0 Å². The molecule has 1 aromatic carbocycles. The highest BCUT2D eigenvalue weighted by Gasteiger charge is 2.38. The van der Waals surface area contributed by atoms with Crippen LogP contribution < -0.4 is 5.32 Å². The summed E-state index contributed by atoms with van der Waals surface area (Å²) < 4.78 is 0. The van der Waals surface area contributed by atoms with Crippen LogP contribution in [0.3, 0.4) is 0 Å². The summed E-state index contributed by atoms with van der Waals surface area (Å²) >= 11 is 0. The van der Waals surface area contributed by atoms with Crippen molar-refractivity contribution >= 4 is 11.9 Å². The quantitative estimate of drug-likeness (QED) is 0.857. The van der Waals surface area contributed by atoms with Gasteiger partial charge in [-0.25, -0.2) is 0 Å². The van der Waals surface area contributed by atoms with E-state index in [4.69, 9.17) is 5.11 Å². The Balaban J connectivity index is 1.84. The van der Waals surface area contributed by atoms with Gasteiger partial charge in [0.2, 0.25) is 5.91 Å². The molecule has 1 heterocycles. The Morgan fingerprint density at radius 1 is 1.30 bits per heavy atom. The van der Waals surface area contributed by atoms with Crippen molar-refractivity contribution in [1.29, 1.82) is 0 Å². The molecule has 1 aliphatic heterocycles. The van der Waals surface area contributed by atoms with Gasteiger partial charge in [0, 0.05) is 19.1 Å². The first-order valence-electron chi connectivity index (χ1n) is 6.97. The number of aliphatic carboxylic acids is 1. The number of benzene rings is 1. The number of carboxylic acids is 1. The third-order valence-corrected chi connectivity index (χ3v) is 3.97. The highest BCUT2D eigenvalue weighted by atomic mass is 16.4. The van der Waals surface area contributed by atoms with Crippen molar-refractivity contribution in [3.8, 4) is 0 Å². The van der Waals surface area contributed by atoms with Gasteiger partial charge in [0.05, 0.1) is 5.92 Å². The number of fused-ring (bicyclic) bond motifs is 1. The zero-order chi connectivity index (χ0) is 14.1. The molecule has 5 nitrogen and oxygen atoms in total. The zero-order valence-electron chi connectivity index (χ0n) is 11.2. The van der Waals surface area contributed by atoms with Crippen LogP contribution in [0.25, 0.3) is 0 Å². The average molecular weight is 274 g/mol. The molecule has 1 atom stereocenters. The van der Waals surface area contributed by atoms with Gasteiger partial charge in [-0.2, -0.15) is 0 Å². The molecule has 1 unspecified atom stereocenters. The van der Waals surface area contributed by atoms with Crippen molar-refractivity contribution in [1.82, 2.24) is 10.2 Å². The molecule has 1 fully saturated rings. The van der Waals surface area contributed by atoms with Gasteiger partial charge in [-0.3, -0.25) is 9.59 Å². The first kappa shape index (κ1) is 13.1. The van der Waals surface area contributed by atoms with Crippen LogP contribution in [0.2, 0.25) is 0 Å². The smallest absolute Gasteiger partial charge is 0.323 e. The molecule has 0 bridgehead atoms. The Hall–Kier alpha value is -1.88. The van der Waals surface area contributed by atoms with E-state index in [0.717, 1.165) is 30.5 Å². The summed E-state index contributed by atoms with van der Waals surface area (Å²) in [7, 11) is 0. The number of carbonyl (C=O) groups is 2. The standard InChI is InChI=1S/C15H18N2O3/c18-14(19)9-17(11-5-6-11)15(20)13-8-16-7-10-3-1-2-4-12(10)13/h1-4,11,13,16H,5-9H2,(H,18,19).